The Kier molecular flexibility index (Phi) is 3.65. The van der Waals surface area contributed by atoms with Crippen molar-refractivity contribution in [2.45, 2.75) is 51.2 Å². The molecule has 0 N–H and O–H groups in total. The molecule has 4 aliphatic heterocycles. The van der Waals surface area contributed by atoms with Gasteiger partial charge in [-0.25, -0.2) is 0 Å². The summed E-state index contributed by atoms with van der Waals surface area (Å²) in [6.07, 6.45) is 4.29. The summed E-state index contributed by atoms with van der Waals surface area (Å²) >= 11 is 0. The smallest absolute Gasteiger partial charge is 0.0244 e. The Balaban J connectivity index is 1.46. The van der Waals surface area contributed by atoms with E-state index in [-0.39, 0.29) is 0 Å². The van der Waals surface area contributed by atoms with Crippen molar-refractivity contribution >= 4 is 0 Å². The number of rotatable bonds is 3. The van der Waals surface area contributed by atoms with Gasteiger partial charge in [-0.3, -0.25) is 9.80 Å². The Morgan fingerprint density at radius 3 is 2.22 bits per heavy atom. The fourth-order valence-corrected chi connectivity index (χ4v) is 4.33. The predicted octanol–water partition coefficient (Wildman–Crippen LogP) is 1.50. The summed E-state index contributed by atoms with van der Waals surface area (Å²) < 4.78 is 0. The molecule has 2 atom stereocenters. The van der Waals surface area contributed by atoms with Crippen LogP contribution in [-0.2, 0) is 0 Å². The molecule has 4 rings (SSSR count). The largest absolute Gasteiger partial charge is 0.306 e. The summed E-state index contributed by atoms with van der Waals surface area (Å²) in [5.74, 6) is 0.964. The highest BCUT2D eigenvalue weighted by molar-refractivity contribution is 5.02. The Labute approximate surface area is 112 Å². The second kappa shape index (κ2) is 5.10. The van der Waals surface area contributed by atoms with Crippen molar-refractivity contribution in [1.82, 2.24) is 14.7 Å². The standard InChI is InChI=1S/C15H29N3/c1-12(2)18-14-8-15(18)11-17(10-14)9-13-4-6-16(3)7-5-13/h12-15H,4-11H2,1-3H3. The molecule has 0 amide bonds. The minimum absolute atomic E-state index is 0.749. The minimum atomic E-state index is 0.749. The summed E-state index contributed by atoms with van der Waals surface area (Å²) in [5.41, 5.74) is 0. The molecule has 4 aliphatic rings. The topological polar surface area (TPSA) is 9.72 Å². The highest BCUT2D eigenvalue weighted by Crippen LogP contribution is 2.34. The molecule has 4 fully saturated rings. The summed E-state index contributed by atoms with van der Waals surface area (Å²) in [7, 11) is 2.26. The van der Waals surface area contributed by atoms with E-state index in [9.17, 15) is 0 Å². The molecule has 0 radical (unpaired) electrons. The first-order chi connectivity index (χ1) is 8.63. The monoisotopic (exact) mass is 251 g/mol. The van der Waals surface area contributed by atoms with Crippen LogP contribution >= 0.6 is 0 Å². The second-order valence-electron chi connectivity index (χ2n) is 7.05. The second-order valence-corrected chi connectivity index (χ2v) is 7.05. The maximum absolute atomic E-state index is 2.76. The molecule has 0 saturated carbocycles. The van der Waals surface area contributed by atoms with E-state index in [0.29, 0.717) is 0 Å². The summed E-state index contributed by atoms with van der Waals surface area (Å²) in [6, 6.07) is 2.49. The van der Waals surface area contributed by atoms with Gasteiger partial charge in [0.1, 0.15) is 0 Å². The van der Waals surface area contributed by atoms with E-state index in [1.165, 1.54) is 52.0 Å². The van der Waals surface area contributed by atoms with E-state index in [1.54, 1.807) is 0 Å². The lowest BCUT2D eigenvalue weighted by atomic mass is 9.85. The Morgan fingerprint density at radius 1 is 1.06 bits per heavy atom. The van der Waals surface area contributed by atoms with E-state index in [1.807, 2.05) is 0 Å². The van der Waals surface area contributed by atoms with Crippen LogP contribution in [0.4, 0.5) is 0 Å². The van der Waals surface area contributed by atoms with Crippen molar-refractivity contribution in [3.8, 4) is 0 Å². The summed E-state index contributed by atoms with van der Waals surface area (Å²) in [4.78, 5) is 7.98. The fourth-order valence-electron chi connectivity index (χ4n) is 4.33. The Morgan fingerprint density at radius 2 is 1.67 bits per heavy atom. The molecule has 3 heteroatoms. The van der Waals surface area contributed by atoms with Gasteiger partial charge in [0.2, 0.25) is 0 Å². The molecule has 2 bridgehead atoms. The average molecular weight is 251 g/mol. The molecule has 0 aromatic heterocycles. The first kappa shape index (κ1) is 12.9. The van der Waals surface area contributed by atoms with E-state index in [2.05, 4.69) is 35.6 Å². The number of nitrogens with zero attached hydrogens (tertiary/aromatic N) is 3. The van der Waals surface area contributed by atoms with Gasteiger partial charge in [-0.05, 0) is 59.2 Å². The van der Waals surface area contributed by atoms with Crippen LogP contribution in [0.5, 0.6) is 0 Å². The van der Waals surface area contributed by atoms with Crippen LogP contribution in [-0.4, -0.2) is 72.6 Å². The molecule has 0 aromatic rings. The van der Waals surface area contributed by atoms with Crippen molar-refractivity contribution < 1.29 is 0 Å². The number of likely N-dealkylation sites (tertiary alicyclic amines) is 1. The molecule has 3 nitrogen and oxygen atoms in total. The van der Waals surface area contributed by atoms with Crippen molar-refractivity contribution in [2.75, 3.05) is 39.8 Å². The van der Waals surface area contributed by atoms with Gasteiger partial charge in [-0.2, -0.15) is 0 Å². The van der Waals surface area contributed by atoms with Crippen LogP contribution in [0.1, 0.15) is 33.1 Å². The molecule has 0 aromatic carbocycles. The minimum Gasteiger partial charge on any atom is -0.306 e. The quantitative estimate of drug-likeness (QED) is 0.752. The van der Waals surface area contributed by atoms with Crippen LogP contribution in [0, 0.1) is 5.92 Å². The van der Waals surface area contributed by atoms with Crippen LogP contribution in [0.2, 0.25) is 0 Å². The molecular formula is C15H29N3. The third kappa shape index (κ3) is 2.45. The van der Waals surface area contributed by atoms with E-state index >= 15 is 0 Å². The molecule has 4 heterocycles. The molecule has 2 unspecified atom stereocenters. The van der Waals surface area contributed by atoms with Crippen LogP contribution in [0.25, 0.3) is 0 Å². The SMILES string of the molecule is CC(C)N1C2CC1CN(CC1CCN(C)CC1)C2. The van der Waals surface area contributed by atoms with Gasteiger partial charge in [0.25, 0.3) is 0 Å². The molecule has 4 saturated heterocycles. The number of hydrogen-bond acceptors (Lipinski definition) is 3. The predicted molar refractivity (Wildman–Crippen MR) is 75.8 cm³/mol. The third-order valence-corrected chi connectivity index (χ3v) is 5.28. The Bertz CT molecular complexity index is 271. The normalized spacial score (nSPS) is 36.0. The van der Waals surface area contributed by atoms with E-state index in [4.69, 9.17) is 0 Å². The van der Waals surface area contributed by atoms with Gasteiger partial charge in [-0.1, -0.05) is 0 Å². The van der Waals surface area contributed by atoms with Crippen molar-refractivity contribution in [3.63, 3.8) is 0 Å². The number of piperazine rings is 1. The van der Waals surface area contributed by atoms with Gasteiger partial charge in [0.05, 0.1) is 0 Å². The van der Waals surface area contributed by atoms with Crippen LogP contribution in [0.15, 0.2) is 0 Å². The number of fused-ring (bicyclic) bond motifs is 2. The number of piperidine rings is 2. The van der Waals surface area contributed by atoms with Gasteiger partial charge in [0.15, 0.2) is 0 Å². The maximum atomic E-state index is 2.76. The van der Waals surface area contributed by atoms with E-state index < -0.39 is 0 Å². The van der Waals surface area contributed by atoms with Gasteiger partial charge in [-0.15, -0.1) is 0 Å². The highest BCUT2D eigenvalue weighted by atomic mass is 15.4. The lowest BCUT2D eigenvalue weighted by molar-refractivity contribution is -0.0920. The van der Waals surface area contributed by atoms with Crippen molar-refractivity contribution in [1.29, 1.82) is 0 Å². The molecular weight excluding hydrogens is 222 g/mol. The fraction of sp³-hybridized carbons (Fsp3) is 1.00. The lowest BCUT2D eigenvalue weighted by Crippen LogP contribution is -2.70. The average Bonchev–Trinajstić information content (AvgIpc) is 2.31. The zero-order valence-corrected chi connectivity index (χ0v) is 12.3. The molecule has 0 aliphatic carbocycles. The van der Waals surface area contributed by atoms with Gasteiger partial charge < -0.3 is 4.90 Å². The first-order valence-electron chi connectivity index (χ1n) is 7.82. The van der Waals surface area contributed by atoms with Crippen molar-refractivity contribution in [3.05, 3.63) is 0 Å². The lowest BCUT2D eigenvalue weighted by Gasteiger charge is -2.58. The Hall–Kier alpha value is -0.120. The van der Waals surface area contributed by atoms with Crippen LogP contribution < -0.4 is 0 Å². The number of hydrogen-bond donors (Lipinski definition) is 0. The zero-order chi connectivity index (χ0) is 12.7. The summed E-state index contributed by atoms with van der Waals surface area (Å²) in [5, 5.41) is 0. The molecule has 18 heavy (non-hydrogen) atoms. The first-order valence-corrected chi connectivity index (χ1v) is 7.82. The maximum Gasteiger partial charge on any atom is 0.0244 e. The zero-order valence-electron chi connectivity index (χ0n) is 12.3. The van der Waals surface area contributed by atoms with Gasteiger partial charge >= 0.3 is 0 Å². The highest BCUT2D eigenvalue weighted by Gasteiger charge is 2.45. The van der Waals surface area contributed by atoms with E-state index in [0.717, 1.165) is 24.0 Å². The van der Waals surface area contributed by atoms with Crippen molar-refractivity contribution in [2.24, 2.45) is 5.92 Å². The van der Waals surface area contributed by atoms with Gasteiger partial charge in [0, 0.05) is 37.8 Å². The summed E-state index contributed by atoms with van der Waals surface area (Å²) in [6.45, 7) is 11.4. The molecule has 104 valence electrons. The molecule has 0 spiro atoms. The third-order valence-electron chi connectivity index (χ3n) is 5.28. The van der Waals surface area contributed by atoms with Crippen LogP contribution in [0.3, 0.4) is 0 Å².